The Morgan fingerprint density at radius 3 is 3.09 bits per heavy atom. The quantitative estimate of drug-likeness (QED) is 0.689. The van der Waals surface area contributed by atoms with Crippen LogP contribution in [-0.2, 0) is 0 Å². The van der Waals surface area contributed by atoms with Gasteiger partial charge in [0.2, 0.25) is 0 Å². The first-order valence-corrected chi connectivity index (χ1v) is 3.53. The molecule has 58 valence electrons. The molecule has 1 heterocycles. The van der Waals surface area contributed by atoms with Crippen molar-refractivity contribution >= 4 is 6.08 Å². The Hall–Kier alpha value is -1.15. The monoisotopic (exact) mass is 149 g/mol. The van der Waals surface area contributed by atoms with Crippen LogP contribution in [0.25, 0.3) is 6.08 Å². The highest BCUT2D eigenvalue weighted by Gasteiger charge is 1.86. The lowest BCUT2D eigenvalue weighted by Gasteiger charge is -1.93. The van der Waals surface area contributed by atoms with Crippen LogP contribution < -0.4 is 0 Å². The van der Waals surface area contributed by atoms with Crippen LogP contribution in [0.15, 0.2) is 24.4 Å². The smallest absolute Gasteiger partial charge is 0.0615 e. The molecule has 0 unspecified atom stereocenters. The number of nitrogens with zero attached hydrogens (tertiary/aromatic N) is 1. The van der Waals surface area contributed by atoms with E-state index >= 15 is 0 Å². The van der Waals surface area contributed by atoms with Gasteiger partial charge in [0.05, 0.1) is 6.61 Å². The Balaban J connectivity index is 2.79. The number of pyridine rings is 1. The summed E-state index contributed by atoms with van der Waals surface area (Å²) < 4.78 is 0. The predicted molar refractivity (Wildman–Crippen MR) is 45.1 cm³/mol. The summed E-state index contributed by atoms with van der Waals surface area (Å²) in [5.74, 6) is 0. The van der Waals surface area contributed by atoms with E-state index in [0.717, 1.165) is 11.3 Å². The number of hydrogen-bond acceptors (Lipinski definition) is 2. The maximum atomic E-state index is 8.49. The van der Waals surface area contributed by atoms with Gasteiger partial charge in [-0.2, -0.15) is 0 Å². The number of aromatic nitrogens is 1. The van der Waals surface area contributed by atoms with Gasteiger partial charge in [0.25, 0.3) is 0 Å². The molecule has 0 amide bonds. The third kappa shape index (κ3) is 2.51. The minimum atomic E-state index is 0.0847. The second-order valence-electron chi connectivity index (χ2n) is 2.32. The molecule has 0 bridgehead atoms. The molecule has 0 aliphatic carbocycles. The average molecular weight is 149 g/mol. The molecule has 2 nitrogen and oxygen atoms in total. The lowest BCUT2D eigenvalue weighted by molar-refractivity contribution is 0.343. The lowest BCUT2D eigenvalue weighted by atomic mass is 10.2. The minimum absolute atomic E-state index is 0.0847. The van der Waals surface area contributed by atoms with E-state index < -0.39 is 0 Å². The van der Waals surface area contributed by atoms with Crippen LogP contribution in [-0.4, -0.2) is 16.7 Å². The summed E-state index contributed by atoms with van der Waals surface area (Å²) >= 11 is 0. The van der Waals surface area contributed by atoms with Gasteiger partial charge in [0.15, 0.2) is 0 Å². The molecule has 1 aromatic rings. The first-order chi connectivity index (χ1) is 5.33. The summed E-state index contributed by atoms with van der Waals surface area (Å²) in [6.45, 7) is 2.03. The van der Waals surface area contributed by atoms with E-state index in [9.17, 15) is 0 Å². The maximum Gasteiger partial charge on any atom is 0.0615 e. The molecule has 0 spiro atoms. The Kier molecular flexibility index (Phi) is 2.81. The van der Waals surface area contributed by atoms with Crippen molar-refractivity contribution in [2.45, 2.75) is 6.92 Å². The summed E-state index contributed by atoms with van der Waals surface area (Å²) in [5, 5.41) is 8.49. The van der Waals surface area contributed by atoms with E-state index in [0.29, 0.717) is 0 Å². The van der Waals surface area contributed by atoms with Gasteiger partial charge < -0.3 is 5.11 Å². The topological polar surface area (TPSA) is 33.1 Å². The fourth-order valence-electron chi connectivity index (χ4n) is 0.860. The predicted octanol–water partition coefficient (Wildman–Crippen LogP) is 1.40. The molecule has 0 atom stereocenters. The van der Waals surface area contributed by atoms with Crippen molar-refractivity contribution in [1.82, 2.24) is 4.98 Å². The summed E-state index contributed by atoms with van der Waals surface area (Å²) in [7, 11) is 0. The van der Waals surface area contributed by atoms with Crippen molar-refractivity contribution in [2.24, 2.45) is 0 Å². The highest BCUT2D eigenvalue weighted by Crippen LogP contribution is 2.02. The molecule has 1 rings (SSSR count). The van der Waals surface area contributed by atoms with Crippen LogP contribution in [0.3, 0.4) is 0 Å². The van der Waals surface area contributed by atoms with Crippen LogP contribution in [0.1, 0.15) is 11.3 Å². The van der Waals surface area contributed by atoms with Gasteiger partial charge in [-0.05, 0) is 24.6 Å². The van der Waals surface area contributed by atoms with E-state index in [1.54, 1.807) is 12.3 Å². The van der Waals surface area contributed by atoms with Crippen LogP contribution in [0, 0.1) is 6.92 Å². The zero-order valence-electron chi connectivity index (χ0n) is 6.49. The summed E-state index contributed by atoms with van der Waals surface area (Å²) in [4.78, 5) is 4.05. The van der Waals surface area contributed by atoms with Gasteiger partial charge >= 0.3 is 0 Å². The molecule has 0 aliphatic rings. The van der Waals surface area contributed by atoms with Crippen LogP contribution >= 0.6 is 0 Å². The first kappa shape index (κ1) is 7.95. The van der Waals surface area contributed by atoms with Crippen LogP contribution in [0.2, 0.25) is 0 Å². The molecule has 2 heteroatoms. The third-order valence-electron chi connectivity index (χ3n) is 1.34. The molecule has 1 N–H and O–H groups in total. The highest BCUT2D eigenvalue weighted by atomic mass is 16.2. The molecule has 0 aromatic carbocycles. The Morgan fingerprint density at radius 1 is 1.64 bits per heavy atom. The SMILES string of the molecule is Cc1cc(/C=C/CO)ccn1. The number of aliphatic hydroxyl groups is 1. The van der Waals surface area contributed by atoms with Gasteiger partial charge in [-0.3, -0.25) is 4.98 Å². The minimum Gasteiger partial charge on any atom is -0.392 e. The number of aryl methyl sites for hydroxylation is 1. The number of hydrogen-bond donors (Lipinski definition) is 1. The van der Waals surface area contributed by atoms with Crippen molar-refractivity contribution < 1.29 is 5.11 Å². The van der Waals surface area contributed by atoms with Gasteiger partial charge in [-0.15, -0.1) is 0 Å². The van der Waals surface area contributed by atoms with Crippen LogP contribution in [0.4, 0.5) is 0 Å². The molecule has 0 fully saturated rings. The van der Waals surface area contributed by atoms with E-state index in [4.69, 9.17) is 5.11 Å². The molecular formula is C9H11NO. The molecule has 11 heavy (non-hydrogen) atoms. The fraction of sp³-hybridized carbons (Fsp3) is 0.222. The van der Waals surface area contributed by atoms with E-state index in [1.807, 2.05) is 25.1 Å². The molecule has 0 aliphatic heterocycles. The summed E-state index contributed by atoms with van der Waals surface area (Å²) in [6.07, 6.45) is 5.33. The van der Waals surface area contributed by atoms with Gasteiger partial charge in [0, 0.05) is 11.9 Å². The first-order valence-electron chi connectivity index (χ1n) is 3.53. The Labute approximate surface area is 66.2 Å². The summed E-state index contributed by atoms with van der Waals surface area (Å²) in [6, 6.07) is 3.87. The molecule has 0 saturated heterocycles. The van der Waals surface area contributed by atoms with Gasteiger partial charge in [-0.1, -0.05) is 12.2 Å². The van der Waals surface area contributed by atoms with Crippen molar-refractivity contribution in [3.8, 4) is 0 Å². The molecular weight excluding hydrogens is 138 g/mol. The second kappa shape index (κ2) is 3.88. The lowest BCUT2D eigenvalue weighted by Crippen LogP contribution is -1.80. The second-order valence-corrected chi connectivity index (χ2v) is 2.32. The number of rotatable bonds is 2. The zero-order chi connectivity index (χ0) is 8.10. The third-order valence-corrected chi connectivity index (χ3v) is 1.34. The van der Waals surface area contributed by atoms with Crippen LogP contribution in [0.5, 0.6) is 0 Å². The fourth-order valence-corrected chi connectivity index (χ4v) is 0.860. The summed E-state index contributed by atoms with van der Waals surface area (Å²) in [5.41, 5.74) is 2.07. The Morgan fingerprint density at radius 2 is 2.45 bits per heavy atom. The average Bonchev–Trinajstić information content (AvgIpc) is 2.01. The molecule has 0 radical (unpaired) electrons. The maximum absolute atomic E-state index is 8.49. The van der Waals surface area contributed by atoms with Gasteiger partial charge in [0.1, 0.15) is 0 Å². The van der Waals surface area contributed by atoms with Crippen molar-refractivity contribution in [1.29, 1.82) is 0 Å². The normalized spacial score (nSPS) is 10.7. The van der Waals surface area contributed by atoms with Crippen molar-refractivity contribution in [3.63, 3.8) is 0 Å². The molecule has 0 saturated carbocycles. The van der Waals surface area contributed by atoms with E-state index in [-0.39, 0.29) is 6.61 Å². The standard InChI is InChI=1S/C9H11NO/c1-8-7-9(3-2-6-11)4-5-10-8/h2-5,7,11H,6H2,1H3/b3-2+. The largest absolute Gasteiger partial charge is 0.392 e. The van der Waals surface area contributed by atoms with E-state index in [2.05, 4.69) is 4.98 Å². The van der Waals surface area contributed by atoms with Gasteiger partial charge in [-0.25, -0.2) is 0 Å². The van der Waals surface area contributed by atoms with Crippen molar-refractivity contribution in [3.05, 3.63) is 35.7 Å². The highest BCUT2D eigenvalue weighted by molar-refractivity contribution is 5.48. The zero-order valence-corrected chi connectivity index (χ0v) is 6.49. The number of aliphatic hydroxyl groups excluding tert-OH is 1. The van der Waals surface area contributed by atoms with E-state index in [1.165, 1.54) is 0 Å². The van der Waals surface area contributed by atoms with Crippen molar-refractivity contribution in [2.75, 3.05) is 6.61 Å². The Bertz CT molecular complexity index is 255. The molecule has 1 aromatic heterocycles.